The van der Waals surface area contributed by atoms with E-state index in [1.807, 2.05) is 19.1 Å². The third kappa shape index (κ3) is 6.42. The maximum atomic E-state index is 15.0. The quantitative estimate of drug-likeness (QED) is 0.350. The van der Waals surface area contributed by atoms with Gasteiger partial charge in [-0.3, -0.25) is 9.58 Å². The SMILES string of the molecule is Cc1cc(/C(F)=C/c2ccc(OC(F)(F)F)c(Cl)c2)nn1Cc1ccnc(N2CCN(C3CC3)CC2)c1. The number of hydrogen-bond donors (Lipinski definition) is 0. The van der Waals surface area contributed by atoms with E-state index in [2.05, 4.69) is 24.6 Å². The van der Waals surface area contributed by atoms with E-state index in [0.717, 1.165) is 55.4 Å². The molecule has 2 fully saturated rings. The summed E-state index contributed by atoms with van der Waals surface area (Å²) in [5.74, 6) is -0.251. The lowest BCUT2D eigenvalue weighted by molar-refractivity contribution is -0.274. The molecule has 11 heteroatoms. The van der Waals surface area contributed by atoms with Crippen LogP contribution in [0.3, 0.4) is 0 Å². The zero-order valence-electron chi connectivity index (χ0n) is 20.2. The highest BCUT2D eigenvalue weighted by atomic mass is 35.5. The molecule has 196 valence electrons. The van der Waals surface area contributed by atoms with Crippen LogP contribution in [0, 0.1) is 6.92 Å². The zero-order chi connectivity index (χ0) is 26.2. The first-order valence-electron chi connectivity index (χ1n) is 12.1. The largest absolute Gasteiger partial charge is 0.573 e. The van der Waals surface area contributed by atoms with Crippen molar-refractivity contribution in [3.63, 3.8) is 0 Å². The topological polar surface area (TPSA) is 46.4 Å². The predicted octanol–water partition coefficient (Wildman–Crippen LogP) is 5.94. The molecule has 2 aliphatic rings. The Kier molecular flexibility index (Phi) is 7.13. The minimum atomic E-state index is -4.86. The van der Waals surface area contributed by atoms with Crippen molar-refractivity contribution in [1.82, 2.24) is 19.7 Å². The fraction of sp³-hybridized carbons (Fsp3) is 0.385. The summed E-state index contributed by atoms with van der Waals surface area (Å²) in [4.78, 5) is 9.40. The summed E-state index contributed by atoms with van der Waals surface area (Å²) in [6, 6.07) is 9.90. The molecular weight excluding hydrogens is 510 g/mol. The first-order valence-corrected chi connectivity index (χ1v) is 12.4. The van der Waals surface area contributed by atoms with E-state index >= 15 is 0 Å². The van der Waals surface area contributed by atoms with Gasteiger partial charge in [-0.2, -0.15) is 5.10 Å². The minimum absolute atomic E-state index is 0.120. The lowest BCUT2D eigenvalue weighted by atomic mass is 10.2. The number of alkyl halides is 3. The monoisotopic (exact) mass is 535 g/mol. The maximum absolute atomic E-state index is 15.0. The molecule has 0 unspecified atom stereocenters. The molecule has 5 rings (SSSR count). The fourth-order valence-electron chi connectivity index (χ4n) is 4.48. The van der Waals surface area contributed by atoms with Gasteiger partial charge in [0.25, 0.3) is 0 Å². The molecule has 6 nitrogen and oxygen atoms in total. The van der Waals surface area contributed by atoms with Crippen LogP contribution in [-0.2, 0) is 6.54 Å². The first-order chi connectivity index (χ1) is 17.6. The summed E-state index contributed by atoms with van der Waals surface area (Å²) in [6.45, 7) is 6.28. The van der Waals surface area contributed by atoms with Gasteiger partial charge < -0.3 is 9.64 Å². The van der Waals surface area contributed by atoms with E-state index in [1.165, 1.54) is 31.1 Å². The zero-order valence-corrected chi connectivity index (χ0v) is 20.9. The summed E-state index contributed by atoms with van der Waals surface area (Å²) in [7, 11) is 0. The Morgan fingerprint density at radius 1 is 1.11 bits per heavy atom. The van der Waals surface area contributed by atoms with E-state index < -0.39 is 17.9 Å². The number of nitrogens with zero attached hydrogens (tertiary/aromatic N) is 5. The molecule has 0 atom stereocenters. The molecular formula is C26H26ClF4N5O. The Labute approximate surface area is 217 Å². The van der Waals surface area contributed by atoms with E-state index in [0.29, 0.717) is 6.54 Å². The summed E-state index contributed by atoms with van der Waals surface area (Å²) >= 11 is 5.87. The van der Waals surface area contributed by atoms with Crippen LogP contribution in [0.15, 0.2) is 42.6 Å². The van der Waals surface area contributed by atoms with E-state index in [1.54, 1.807) is 16.9 Å². The Morgan fingerprint density at radius 2 is 1.86 bits per heavy atom. The van der Waals surface area contributed by atoms with Crippen molar-refractivity contribution in [3.05, 3.63) is 70.1 Å². The van der Waals surface area contributed by atoms with Crippen LogP contribution in [0.5, 0.6) is 5.75 Å². The Morgan fingerprint density at radius 3 is 2.54 bits per heavy atom. The Bertz CT molecular complexity index is 1300. The van der Waals surface area contributed by atoms with Crippen LogP contribution in [0.1, 0.15) is 35.4 Å². The molecule has 0 N–H and O–H groups in total. The number of rotatable bonds is 7. The number of ether oxygens (including phenoxy) is 1. The molecule has 1 saturated carbocycles. The molecule has 37 heavy (non-hydrogen) atoms. The predicted molar refractivity (Wildman–Crippen MR) is 134 cm³/mol. The Balaban J connectivity index is 1.26. The smallest absolute Gasteiger partial charge is 0.404 e. The van der Waals surface area contributed by atoms with Gasteiger partial charge in [-0.15, -0.1) is 13.2 Å². The van der Waals surface area contributed by atoms with Gasteiger partial charge in [0.1, 0.15) is 17.3 Å². The number of benzene rings is 1. The summed E-state index contributed by atoms with van der Waals surface area (Å²) in [5, 5.41) is 4.12. The minimum Gasteiger partial charge on any atom is -0.404 e. The van der Waals surface area contributed by atoms with Crippen molar-refractivity contribution in [1.29, 1.82) is 0 Å². The molecule has 3 heterocycles. The van der Waals surface area contributed by atoms with Crippen LogP contribution in [0.4, 0.5) is 23.4 Å². The molecule has 0 amide bonds. The highest BCUT2D eigenvalue weighted by Gasteiger charge is 2.32. The molecule has 1 aromatic carbocycles. The lowest BCUT2D eigenvalue weighted by Gasteiger charge is -2.35. The number of anilines is 1. The van der Waals surface area contributed by atoms with Gasteiger partial charge in [-0.1, -0.05) is 17.7 Å². The highest BCUT2D eigenvalue weighted by Crippen LogP contribution is 2.32. The average Bonchev–Trinajstić information content (AvgIpc) is 3.64. The fourth-order valence-corrected chi connectivity index (χ4v) is 4.71. The number of hydrogen-bond acceptors (Lipinski definition) is 5. The van der Waals surface area contributed by atoms with Crippen LogP contribution >= 0.6 is 11.6 Å². The molecule has 0 radical (unpaired) electrons. The number of aromatic nitrogens is 3. The van der Waals surface area contributed by atoms with Gasteiger partial charge in [0, 0.05) is 44.1 Å². The van der Waals surface area contributed by atoms with Crippen molar-refractivity contribution < 1.29 is 22.3 Å². The summed E-state index contributed by atoms with van der Waals surface area (Å²) < 4.78 is 57.8. The molecule has 1 saturated heterocycles. The average molecular weight is 536 g/mol. The summed E-state index contributed by atoms with van der Waals surface area (Å²) in [5.41, 5.74) is 2.17. The van der Waals surface area contributed by atoms with Gasteiger partial charge in [0.05, 0.1) is 11.6 Å². The molecule has 1 aliphatic heterocycles. The second kappa shape index (κ2) is 10.3. The second-order valence-corrected chi connectivity index (χ2v) is 9.74. The van der Waals surface area contributed by atoms with Crippen LogP contribution in [0.25, 0.3) is 11.9 Å². The van der Waals surface area contributed by atoms with Crippen LogP contribution in [0.2, 0.25) is 5.02 Å². The van der Waals surface area contributed by atoms with E-state index in [9.17, 15) is 17.6 Å². The van der Waals surface area contributed by atoms with Crippen molar-refractivity contribution in [3.8, 4) is 5.75 Å². The van der Waals surface area contributed by atoms with Gasteiger partial charge in [0.2, 0.25) is 0 Å². The first kappa shape index (κ1) is 25.5. The molecule has 0 bridgehead atoms. The molecule has 2 aromatic heterocycles. The van der Waals surface area contributed by atoms with E-state index in [4.69, 9.17) is 11.6 Å². The van der Waals surface area contributed by atoms with Crippen LogP contribution in [-0.4, -0.2) is 58.2 Å². The molecule has 3 aromatic rings. The standard InChI is InChI=1S/C26H26ClF4N5O/c1-17-12-23(22(28)14-18-2-5-24(21(27)13-18)37-26(29,30)31)33-36(17)16-19-6-7-32-25(15-19)35-10-8-34(9-11-35)20-3-4-20/h2,5-7,12-15,20H,3-4,8-11,16H2,1H3/b22-14-. The number of aryl methyl sites for hydroxylation is 1. The third-order valence-electron chi connectivity index (χ3n) is 6.54. The molecule has 1 aliphatic carbocycles. The number of piperazine rings is 1. The molecule has 0 spiro atoms. The maximum Gasteiger partial charge on any atom is 0.573 e. The second-order valence-electron chi connectivity index (χ2n) is 9.34. The number of halogens is 5. The Hall–Kier alpha value is -3.11. The van der Waals surface area contributed by atoms with Gasteiger partial charge >= 0.3 is 6.36 Å². The van der Waals surface area contributed by atoms with E-state index in [-0.39, 0.29) is 16.3 Å². The number of pyridine rings is 1. The van der Waals surface area contributed by atoms with Crippen molar-refractivity contribution in [2.24, 2.45) is 0 Å². The van der Waals surface area contributed by atoms with Crippen molar-refractivity contribution in [2.75, 3.05) is 31.1 Å². The van der Waals surface area contributed by atoms with Gasteiger partial charge in [-0.25, -0.2) is 9.37 Å². The third-order valence-corrected chi connectivity index (χ3v) is 6.84. The van der Waals surface area contributed by atoms with Gasteiger partial charge in [0.15, 0.2) is 5.83 Å². The summed E-state index contributed by atoms with van der Waals surface area (Å²) in [6.07, 6.45) is 0.712. The van der Waals surface area contributed by atoms with Crippen LogP contribution < -0.4 is 9.64 Å². The lowest BCUT2D eigenvalue weighted by Crippen LogP contribution is -2.47. The van der Waals surface area contributed by atoms with Gasteiger partial charge in [-0.05, 0) is 67.3 Å². The van der Waals surface area contributed by atoms with Crippen molar-refractivity contribution >= 4 is 29.3 Å². The normalized spacial score (nSPS) is 17.4. The van der Waals surface area contributed by atoms with Crippen molar-refractivity contribution in [2.45, 2.75) is 38.7 Å². The highest BCUT2D eigenvalue weighted by molar-refractivity contribution is 6.32.